The Kier molecular flexibility index (Phi) is 5.05. The minimum Gasteiger partial charge on any atom is -0.393 e. The third kappa shape index (κ3) is 3.94. The van der Waals surface area contributed by atoms with Crippen molar-refractivity contribution >= 4 is 0 Å². The molecule has 106 valence electrons. The summed E-state index contributed by atoms with van der Waals surface area (Å²) in [7, 11) is 0. The van der Waals surface area contributed by atoms with Crippen molar-refractivity contribution in [1.82, 2.24) is 5.32 Å². The van der Waals surface area contributed by atoms with Gasteiger partial charge in [-0.1, -0.05) is 13.3 Å². The molecule has 0 bridgehead atoms. The first-order chi connectivity index (χ1) is 8.61. The summed E-state index contributed by atoms with van der Waals surface area (Å²) in [6.07, 6.45) is 7.74. The molecule has 0 aromatic heterocycles. The summed E-state index contributed by atoms with van der Waals surface area (Å²) in [5.74, 6) is 0.671. The van der Waals surface area contributed by atoms with Crippen LogP contribution >= 0.6 is 0 Å². The molecule has 0 radical (unpaired) electrons. The van der Waals surface area contributed by atoms with Crippen LogP contribution < -0.4 is 5.32 Å². The zero-order chi connectivity index (χ0) is 13.0. The van der Waals surface area contributed by atoms with Gasteiger partial charge >= 0.3 is 0 Å². The summed E-state index contributed by atoms with van der Waals surface area (Å²) in [5.41, 5.74) is 0.0714. The van der Waals surface area contributed by atoms with E-state index in [1.165, 1.54) is 12.8 Å². The normalized spacial score (nSPS) is 41.8. The van der Waals surface area contributed by atoms with Crippen LogP contribution in [-0.4, -0.2) is 36.0 Å². The van der Waals surface area contributed by atoms with Gasteiger partial charge in [0.2, 0.25) is 0 Å². The van der Waals surface area contributed by atoms with Gasteiger partial charge in [-0.25, -0.2) is 0 Å². The van der Waals surface area contributed by atoms with Crippen molar-refractivity contribution in [2.75, 3.05) is 13.2 Å². The predicted octanol–water partition coefficient (Wildman–Crippen LogP) is 2.47. The number of ether oxygens (including phenoxy) is 1. The van der Waals surface area contributed by atoms with E-state index in [2.05, 4.69) is 19.2 Å². The Morgan fingerprint density at radius 1 is 1.33 bits per heavy atom. The molecule has 1 saturated carbocycles. The molecular formula is C15H29NO2. The van der Waals surface area contributed by atoms with Gasteiger partial charge in [-0.2, -0.15) is 0 Å². The van der Waals surface area contributed by atoms with Crippen LogP contribution in [0.1, 0.15) is 58.8 Å². The van der Waals surface area contributed by atoms with Crippen LogP contribution in [0.25, 0.3) is 0 Å². The van der Waals surface area contributed by atoms with E-state index in [1.807, 2.05) is 0 Å². The molecule has 0 spiro atoms. The molecule has 1 aliphatic heterocycles. The van der Waals surface area contributed by atoms with E-state index in [1.54, 1.807) is 0 Å². The Bertz CT molecular complexity index is 259. The molecule has 1 aliphatic carbocycles. The van der Waals surface area contributed by atoms with E-state index in [-0.39, 0.29) is 11.7 Å². The van der Waals surface area contributed by atoms with Gasteiger partial charge in [-0.15, -0.1) is 0 Å². The largest absolute Gasteiger partial charge is 0.393 e. The second-order valence-corrected chi connectivity index (χ2v) is 6.44. The van der Waals surface area contributed by atoms with Gasteiger partial charge in [-0.3, -0.25) is 0 Å². The highest BCUT2D eigenvalue weighted by Gasteiger charge is 2.31. The van der Waals surface area contributed by atoms with Crippen molar-refractivity contribution in [2.24, 2.45) is 5.92 Å². The second kappa shape index (κ2) is 6.36. The maximum atomic E-state index is 9.69. The first kappa shape index (κ1) is 14.3. The Hall–Kier alpha value is -0.120. The van der Waals surface area contributed by atoms with Crippen molar-refractivity contribution in [3.05, 3.63) is 0 Å². The highest BCUT2D eigenvalue weighted by Crippen LogP contribution is 2.28. The Labute approximate surface area is 111 Å². The van der Waals surface area contributed by atoms with Crippen LogP contribution in [0, 0.1) is 5.92 Å². The van der Waals surface area contributed by atoms with Crippen molar-refractivity contribution < 1.29 is 9.84 Å². The number of aliphatic hydroxyl groups excluding tert-OH is 1. The van der Waals surface area contributed by atoms with E-state index in [4.69, 9.17) is 4.74 Å². The quantitative estimate of drug-likeness (QED) is 0.811. The van der Waals surface area contributed by atoms with Gasteiger partial charge in [0.15, 0.2) is 0 Å². The number of nitrogens with one attached hydrogen (secondary N) is 1. The summed E-state index contributed by atoms with van der Waals surface area (Å²) in [5, 5.41) is 13.4. The summed E-state index contributed by atoms with van der Waals surface area (Å²) in [6.45, 7) is 6.39. The Morgan fingerprint density at radius 2 is 2.17 bits per heavy atom. The van der Waals surface area contributed by atoms with Gasteiger partial charge < -0.3 is 15.2 Å². The summed E-state index contributed by atoms with van der Waals surface area (Å²) in [4.78, 5) is 0. The molecule has 2 rings (SSSR count). The highest BCUT2D eigenvalue weighted by molar-refractivity contribution is 4.86. The van der Waals surface area contributed by atoms with Crippen molar-refractivity contribution in [2.45, 2.75) is 76.5 Å². The third-order valence-corrected chi connectivity index (χ3v) is 4.79. The van der Waals surface area contributed by atoms with Gasteiger partial charge in [-0.05, 0) is 57.9 Å². The first-order valence-corrected chi connectivity index (χ1v) is 7.67. The molecule has 18 heavy (non-hydrogen) atoms. The molecule has 4 atom stereocenters. The fourth-order valence-electron chi connectivity index (χ4n) is 3.33. The lowest BCUT2D eigenvalue weighted by atomic mass is 9.86. The molecule has 2 N–H and O–H groups in total. The van der Waals surface area contributed by atoms with Gasteiger partial charge in [0.25, 0.3) is 0 Å². The molecule has 1 heterocycles. The second-order valence-electron chi connectivity index (χ2n) is 6.44. The summed E-state index contributed by atoms with van der Waals surface area (Å²) in [6, 6.07) is 0.600. The Morgan fingerprint density at radius 3 is 2.89 bits per heavy atom. The van der Waals surface area contributed by atoms with E-state index in [0.29, 0.717) is 12.0 Å². The van der Waals surface area contributed by atoms with Crippen molar-refractivity contribution in [1.29, 1.82) is 0 Å². The van der Waals surface area contributed by atoms with Crippen LogP contribution in [-0.2, 0) is 4.74 Å². The molecule has 3 nitrogen and oxygen atoms in total. The summed E-state index contributed by atoms with van der Waals surface area (Å²) >= 11 is 0. The smallest absolute Gasteiger partial charge is 0.0666 e. The van der Waals surface area contributed by atoms with E-state index in [0.717, 1.165) is 45.3 Å². The first-order valence-electron chi connectivity index (χ1n) is 7.67. The SMILES string of the molecule is CCC1(C)CC(NCC2CCCC(O)C2)CCO1. The molecule has 0 amide bonds. The number of aliphatic hydroxyl groups is 1. The number of rotatable bonds is 4. The molecule has 4 unspecified atom stereocenters. The standard InChI is InChI=1S/C15H29NO2/c1-3-15(2)10-13(7-8-18-15)16-11-12-5-4-6-14(17)9-12/h12-14,16-17H,3-11H2,1-2H3. The van der Waals surface area contributed by atoms with Crippen molar-refractivity contribution in [3.63, 3.8) is 0 Å². The number of hydrogen-bond donors (Lipinski definition) is 2. The van der Waals surface area contributed by atoms with Crippen LogP contribution in [0.15, 0.2) is 0 Å². The monoisotopic (exact) mass is 255 g/mol. The highest BCUT2D eigenvalue weighted by atomic mass is 16.5. The predicted molar refractivity (Wildman–Crippen MR) is 73.6 cm³/mol. The lowest BCUT2D eigenvalue weighted by Gasteiger charge is -2.39. The molecule has 1 saturated heterocycles. The molecule has 2 aliphatic rings. The fraction of sp³-hybridized carbons (Fsp3) is 1.00. The lowest BCUT2D eigenvalue weighted by Crippen LogP contribution is -2.46. The summed E-state index contributed by atoms with van der Waals surface area (Å²) < 4.78 is 5.87. The van der Waals surface area contributed by atoms with Gasteiger partial charge in [0, 0.05) is 12.6 Å². The molecule has 0 aromatic carbocycles. The van der Waals surface area contributed by atoms with Crippen LogP contribution in [0.4, 0.5) is 0 Å². The molecule has 0 aromatic rings. The zero-order valence-corrected chi connectivity index (χ0v) is 12.0. The minimum absolute atomic E-state index is 0.0545. The van der Waals surface area contributed by atoms with E-state index < -0.39 is 0 Å². The average Bonchev–Trinajstić information content (AvgIpc) is 2.37. The molecule has 2 fully saturated rings. The van der Waals surface area contributed by atoms with E-state index >= 15 is 0 Å². The fourth-order valence-corrected chi connectivity index (χ4v) is 3.33. The van der Waals surface area contributed by atoms with Crippen molar-refractivity contribution in [3.8, 4) is 0 Å². The van der Waals surface area contributed by atoms with Gasteiger partial charge in [0.1, 0.15) is 0 Å². The van der Waals surface area contributed by atoms with Gasteiger partial charge in [0.05, 0.1) is 11.7 Å². The average molecular weight is 255 g/mol. The maximum Gasteiger partial charge on any atom is 0.0666 e. The number of hydrogen-bond acceptors (Lipinski definition) is 3. The van der Waals surface area contributed by atoms with Crippen LogP contribution in [0.2, 0.25) is 0 Å². The van der Waals surface area contributed by atoms with Crippen LogP contribution in [0.3, 0.4) is 0 Å². The van der Waals surface area contributed by atoms with Crippen LogP contribution in [0.5, 0.6) is 0 Å². The molecular weight excluding hydrogens is 226 g/mol. The third-order valence-electron chi connectivity index (χ3n) is 4.79. The Balaban J connectivity index is 1.72. The maximum absolute atomic E-state index is 9.69. The van der Waals surface area contributed by atoms with E-state index in [9.17, 15) is 5.11 Å². The lowest BCUT2D eigenvalue weighted by molar-refractivity contribution is -0.0785. The zero-order valence-electron chi connectivity index (χ0n) is 12.0. The topological polar surface area (TPSA) is 41.5 Å². The molecule has 3 heteroatoms. The minimum atomic E-state index is -0.0545.